The second-order valence-electron chi connectivity index (χ2n) is 6.13. The summed E-state index contributed by atoms with van der Waals surface area (Å²) in [6, 6.07) is -0.156. The summed E-state index contributed by atoms with van der Waals surface area (Å²) in [5, 5.41) is 0.467. The highest BCUT2D eigenvalue weighted by molar-refractivity contribution is 7.20. The van der Waals surface area contributed by atoms with Crippen molar-refractivity contribution < 1.29 is 14.3 Å². The monoisotopic (exact) mass is 363 g/mol. The van der Waals surface area contributed by atoms with Crippen LogP contribution >= 0.6 is 11.3 Å². The number of carbonyl (C=O) groups excluding carboxylic acids is 2. The summed E-state index contributed by atoms with van der Waals surface area (Å²) in [5.74, 6) is -0.410. The Labute approximate surface area is 149 Å². The third-order valence-corrected chi connectivity index (χ3v) is 5.71. The molecule has 2 aromatic rings. The average molecular weight is 363 g/mol. The molecular weight excluding hydrogens is 342 g/mol. The van der Waals surface area contributed by atoms with E-state index in [1.807, 2.05) is 0 Å². The molecule has 7 nitrogen and oxygen atoms in total. The van der Waals surface area contributed by atoms with Gasteiger partial charge in [0.2, 0.25) is 0 Å². The third kappa shape index (κ3) is 3.44. The second-order valence-corrected chi connectivity index (χ2v) is 7.12. The first-order valence-electron chi connectivity index (χ1n) is 8.46. The summed E-state index contributed by atoms with van der Waals surface area (Å²) in [5.41, 5.74) is 0.416. The lowest BCUT2D eigenvalue weighted by Gasteiger charge is -2.35. The van der Waals surface area contributed by atoms with Crippen LogP contribution in [0.25, 0.3) is 10.2 Å². The number of fused-ring (bicyclic) bond motifs is 1. The van der Waals surface area contributed by atoms with Crippen molar-refractivity contribution in [1.82, 2.24) is 14.9 Å². The highest BCUT2D eigenvalue weighted by Gasteiger charge is 2.32. The van der Waals surface area contributed by atoms with E-state index >= 15 is 0 Å². The minimum absolute atomic E-state index is 0.131. The molecule has 1 aliphatic heterocycles. The smallest absolute Gasteiger partial charge is 0.307 e. The first-order chi connectivity index (χ1) is 12.0. The Hall–Kier alpha value is -2.22. The molecule has 1 atom stereocenters. The maximum Gasteiger partial charge on any atom is 0.307 e. The van der Waals surface area contributed by atoms with Crippen molar-refractivity contribution in [3.8, 4) is 0 Å². The molecule has 3 rings (SSSR count). The van der Waals surface area contributed by atoms with Gasteiger partial charge in [-0.15, -0.1) is 11.3 Å². The SMILES string of the molecule is CCOC(=O)C[C@H]1CCCCN1C(=O)c1sc2nc[nH]c(=O)c2c1C. The number of aromatic amines is 1. The summed E-state index contributed by atoms with van der Waals surface area (Å²) in [6.45, 7) is 4.49. The van der Waals surface area contributed by atoms with Crippen LogP contribution in [0.4, 0.5) is 0 Å². The molecule has 0 radical (unpaired) electrons. The lowest BCUT2D eigenvalue weighted by Crippen LogP contribution is -2.44. The van der Waals surface area contributed by atoms with Gasteiger partial charge in [0.1, 0.15) is 4.83 Å². The molecule has 0 spiro atoms. The fraction of sp³-hybridized carbons (Fsp3) is 0.529. The Bertz CT molecular complexity index is 857. The quantitative estimate of drug-likeness (QED) is 0.841. The van der Waals surface area contributed by atoms with Crippen molar-refractivity contribution in [2.75, 3.05) is 13.2 Å². The van der Waals surface area contributed by atoms with Gasteiger partial charge >= 0.3 is 5.97 Å². The number of H-pyrrole nitrogens is 1. The number of aromatic nitrogens is 2. The Morgan fingerprint density at radius 2 is 2.24 bits per heavy atom. The number of rotatable bonds is 4. The summed E-state index contributed by atoms with van der Waals surface area (Å²) < 4.78 is 5.04. The predicted octanol–water partition coefficient (Wildman–Crippen LogP) is 2.24. The van der Waals surface area contributed by atoms with Crippen LogP contribution in [-0.2, 0) is 9.53 Å². The zero-order valence-electron chi connectivity index (χ0n) is 14.3. The van der Waals surface area contributed by atoms with Gasteiger partial charge in [-0.25, -0.2) is 4.98 Å². The lowest BCUT2D eigenvalue weighted by atomic mass is 9.98. The van der Waals surface area contributed by atoms with E-state index in [-0.39, 0.29) is 29.9 Å². The molecule has 1 aliphatic rings. The first-order valence-corrected chi connectivity index (χ1v) is 9.28. The van der Waals surface area contributed by atoms with Crippen molar-refractivity contribution in [2.45, 2.75) is 45.6 Å². The Kier molecular flexibility index (Phi) is 5.17. The van der Waals surface area contributed by atoms with Gasteiger partial charge in [0.25, 0.3) is 11.5 Å². The number of thiophene rings is 1. The zero-order chi connectivity index (χ0) is 18.0. The van der Waals surface area contributed by atoms with Crippen molar-refractivity contribution in [1.29, 1.82) is 0 Å². The van der Waals surface area contributed by atoms with E-state index in [4.69, 9.17) is 4.74 Å². The maximum atomic E-state index is 13.1. The lowest BCUT2D eigenvalue weighted by molar-refractivity contribution is -0.144. The molecule has 2 aromatic heterocycles. The van der Waals surface area contributed by atoms with Crippen molar-refractivity contribution in [3.63, 3.8) is 0 Å². The number of amides is 1. The van der Waals surface area contributed by atoms with E-state index in [1.54, 1.807) is 18.7 Å². The molecule has 134 valence electrons. The van der Waals surface area contributed by atoms with E-state index in [1.165, 1.54) is 17.7 Å². The molecule has 8 heteroatoms. The van der Waals surface area contributed by atoms with Gasteiger partial charge in [0.15, 0.2) is 0 Å². The molecule has 25 heavy (non-hydrogen) atoms. The molecule has 0 saturated carbocycles. The Morgan fingerprint density at radius 1 is 1.44 bits per heavy atom. The van der Waals surface area contributed by atoms with Gasteiger partial charge in [-0.05, 0) is 38.7 Å². The fourth-order valence-electron chi connectivity index (χ4n) is 3.31. The molecule has 1 saturated heterocycles. The zero-order valence-corrected chi connectivity index (χ0v) is 15.1. The third-order valence-electron chi connectivity index (χ3n) is 4.52. The number of nitrogens with one attached hydrogen (secondary N) is 1. The van der Waals surface area contributed by atoms with E-state index in [0.717, 1.165) is 19.3 Å². The molecule has 0 unspecified atom stereocenters. The van der Waals surface area contributed by atoms with Gasteiger partial charge in [0, 0.05) is 12.6 Å². The van der Waals surface area contributed by atoms with E-state index in [9.17, 15) is 14.4 Å². The standard InChI is InChI=1S/C17H21N3O4S/c1-3-24-12(21)8-11-6-4-5-7-20(11)17(23)14-10(2)13-15(22)18-9-19-16(13)25-14/h9,11H,3-8H2,1-2H3,(H,18,19,22)/t11-/m1/s1. The normalized spacial score (nSPS) is 17.7. The fourth-order valence-corrected chi connectivity index (χ4v) is 4.41. The minimum atomic E-state index is -0.279. The van der Waals surface area contributed by atoms with Gasteiger partial charge in [-0.2, -0.15) is 0 Å². The van der Waals surface area contributed by atoms with Crippen LogP contribution < -0.4 is 5.56 Å². The van der Waals surface area contributed by atoms with E-state index in [2.05, 4.69) is 9.97 Å². The van der Waals surface area contributed by atoms with Gasteiger partial charge < -0.3 is 14.6 Å². The minimum Gasteiger partial charge on any atom is -0.466 e. The predicted molar refractivity (Wildman–Crippen MR) is 94.9 cm³/mol. The molecule has 1 N–H and O–H groups in total. The van der Waals surface area contributed by atoms with Crippen LogP contribution in [0.15, 0.2) is 11.1 Å². The van der Waals surface area contributed by atoms with E-state index < -0.39 is 0 Å². The van der Waals surface area contributed by atoms with Gasteiger partial charge in [-0.1, -0.05) is 0 Å². The van der Waals surface area contributed by atoms with Gasteiger partial charge in [-0.3, -0.25) is 14.4 Å². The second kappa shape index (κ2) is 7.35. The summed E-state index contributed by atoms with van der Waals surface area (Å²) in [4.78, 5) is 46.5. The van der Waals surface area contributed by atoms with Crippen molar-refractivity contribution >= 4 is 33.4 Å². The number of esters is 1. The number of nitrogens with zero attached hydrogens (tertiary/aromatic N) is 2. The van der Waals surface area contributed by atoms with Crippen LogP contribution in [0.5, 0.6) is 0 Å². The number of likely N-dealkylation sites (tertiary alicyclic amines) is 1. The first kappa shape index (κ1) is 17.6. The topological polar surface area (TPSA) is 92.4 Å². The molecule has 1 fully saturated rings. The number of ether oxygens (including phenoxy) is 1. The molecule has 0 bridgehead atoms. The average Bonchev–Trinajstić information content (AvgIpc) is 2.93. The summed E-state index contributed by atoms with van der Waals surface area (Å²) in [6.07, 6.45) is 4.24. The maximum absolute atomic E-state index is 13.1. The molecule has 0 aromatic carbocycles. The van der Waals surface area contributed by atoms with E-state index in [0.29, 0.717) is 33.8 Å². The van der Waals surface area contributed by atoms with Crippen molar-refractivity contribution in [2.24, 2.45) is 0 Å². The summed E-state index contributed by atoms with van der Waals surface area (Å²) >= 11 is 1.23. The van der Waals surface area contributed by atoms with Gasteiger partial charge in [0.05, 0.1) is 29.6 Å². The van der Waals surface area contributed by atoms with Crippen LogP contribution in [0.3, 0.4) is 0 Å². The highest BCUT2D eigenvalue weighted by Crippen LogP contribution is 2.30. The number of hydrogen-bond donors (Lipinski definition) is 1. The molecule has 3 heterocycles. The number of aryl methyl sites for hydroxylation is 1. The van der Waals surface area contributed by atoms with Crippen LogP contribution in [-0.4, -0.2) is 45.9 Å². The molecule has 0 aliphatic carbocycles. The number of hydrogen-bond acceptors (Lipinski definition) is 6. The Balaban J connectivity index is 1.90. The molecular formula is C17H21N3O4S. The van der Waals surface area contributed by atoms with Crippen LogP contribution in [0.1, 0.15) is 47.8 Å². The van der Waals surface area contributed by atoms with Crippen molar-refractivity contribution in [3.05, 3.63) is 27.1 Å². The highest BCUT2D eigenvalue weighted by atomic mass is 32.1. The molecule has 1 amide bonds. The summed E-state index contributed by atoms with van der Waals surface area (Å²) in [7, 11) is 0. The van der Waals surface area contributed by atoms with Crippen LogP contribution in [0.2, 0.25) is 0 Å². The largest absolute Gasteiger partial charge is 0.466 e. The number of piperidine rings is 1. The van der Waals surface area contributed by atoms with Crippen LogP contribution in [0, 0.1) is 6.92 Å². The number of carbonyl (C=O) groups is 2. The Morgan fingerprint density at radius 3 is 2.96 bits per heavy atom.